The lowest BCUT2D eigenvalue weighted by Crippen LogP contribution is -2.29. The minimum Gasteiger partial charge on any atom is -0.457 e. The Kier molecular flexibility index (Phi) is 41.4. The Labute approximate surface area is 342 Å². The van der Waals surface area contributed by atoms with E-state index in [1.54, 1.807) is 0 Å². The van der Waals surface area contributed by atoms with Crippen LogP contribution in [0.4, 0.5) is 0 Å². The van der Waals surface area contributed by atoms with Crippen LogP contribution in [0.25, 0.3) is 0 Å². The van der Waals surface area contributed by atoms with Crippen LogP contribution in [0.5, 0.6) is 0 Å². The molecule has 56 heavy (non-hydrogen) atoms. The highest BCUT2D eigenvalue weighted by Crippen LogP contribution is 2.43. The highest BCUT2D eigenvalue weighted by atomic mass is 31.2. The van der Waals surface area contributed by atoms with Gasteiger partial charge in [0.05, 0.1) is 26.4 Å². The molecule has 0 aromatic carbocycles. The first-order valence-corrected chi connectivity index (χ1v) is 23.8. The second-order valence-electron chi connectivity index (χ2n) is 14.7. The van der Waals surface area contributed by atoms with Crippen LogP contribution in [0.2, 0.25) is 0 Å². The van der Waals surface area contributed by atoms with E-state index in [9.17, 15) is 19.4 Å². The van der Waals surface area contributed by atoms with Crippen molar-refractivity contribution in [1.29, 1.82) is 0 Å². The lowest BCUT2D eigenvalue weighted by molar-refractivity contribution is -0.154. The van der Waals surface area contributed by atoms with Crippen LogP contribution >= 0.6 is 7.82 Å². The molecule has 0 aromatic heterocycles. The molecule has 10 heteroatoms. The Hall–Kier alpha value is -1.84. The van der Waals surface area contributed by atoms with Gasteiger partial charge in [-0.1, -0.05) is 152 Å². The van der Waals surface area contributed by atoms with Crippen LogP contribution in [0, 0.1) is 0 Å². The summed E-state index contributed by atoms with van der Waals surface area (Å²) in [5.41, 5.74) is 0. The van der Waals surface area contributed by atoms with Gasteiger partial charge in [-0.05, 0) is 83.5 Å². The van der Waals surface area contributed by atoms with Gasteiger partial charge in [0.25, 0.3) is 0 Å². The molecule has 3 atom stereocenters. The van der Waals surface area contributed by atoms with Gasteiger partial charge in [0.15, 0.2) is 0 Å². The summed E-state index contributed by atoms with van der Waals surface area (Å²) in [6, 6.07) is 0. The first-order chi connectivity index (χ1) is 27.3. The van der Waals surface area contributed by atoms with E-state index < -0.39 is 39.2 Å². The van der Waals surface area contributed by atoms with Gasteiger partial charge in [0.1, 0.15) is 12.2 Å². The molecule has 0 aliphatic rings. The maximum atomic E-state index is 12.6. The third-order valence-corrected chi connectivity index (χ3v) is 10.1. The molecule has 0 radical (unpaired) electrons. The van der Waals surface area contributed by atoms with Gasteiger partial charge >= 0.3 is 13.8 Å². The van der Waals surface area contributed by atoms with Crippen LogP contribution < -0.4 is 0 Å². The lowest BCUT2D eigenvalue weighted by Gasteiger charge is -2.20. The number of aliphatic hydroxyl groups excluding tert-OH is 2. The Balaban J connectivity index is 4.20. The van der Waals surface area contributed by atoms with Gasteiger partial charge in [-0.15, -0.1) is 0 Å². The third-order valence-electron chi connectivity index (χ3n) is 9.18. The van der Waals surface area contributed by atoms with E-state index in [2.05, 4.69) is 74.6 Å². The fraction of sp³-hybridized carbons (Fsp3) is 0.761. The predicted octanol–water partition coefficient (Wildman–Crippen LogP) is 12.4. The third kappa shape index (κ3) is 41.8. The number of hydrogen-bond donors (Lipinski definition) is 3. The number of hydrogen-bond acceptors (Lipinski definition) is 8. The number of carbonyl (C=O) groups is 1. The van der Waals surface area contributed by atoms with Crippen LogP contribution in [0.3, 0.4) is 0 Å². The first-order valence-electron chi connectivity index (χ1n) is 22.3. The molecule has 3 unspecified atom stereocenters. The maximum absolute atomic E-state index is 12.6. The monoisotopic (exact) mass is 811 g/mol. The van der Waals surface area contributed by atoms with Crippen molar-refractivity contribution in [3.05, 3.63) is 60.8 Å². The lowest BCUT2D eigenvalue weighted by atomic mass is 10.1. The summed E-state index contributed by atoms with van der Waals surface area (Å²) in [5.74, 6) is -0.402. The van der Waals surface area contributed by atoms with Crippen LogP contribution in [0.15, 0.2) is 60.8 Å². The molecule has 0 heterocycles. The van der Waals surface area contributed by atoms with Gasteiger partial charge in [-0.3, -0.25) is 13.8 Å². The number of rotatable bonds is 42. The molecule has 0 aliphatic heterocycles. The smallest absolute Gasteiger partial charge is 0.457 e. The summed E-state index contributed by atoms with van der Waals surface area (Å²) in [5, 5.41) is 18.4. The number of allylic oxidation sites excluding steroid dienone is 10. The number of aliphatic hydroxyl groups is 2. The molecule has 0 bridgehead atoms. The Morgan fingerprint density at radius 3 is 1.45 bits per heavy atom. The molecule has 0 saturated carbocycles. The van der Waals surface area contributed by atoms with Crippen molar-refractivity contribution in [2.75, 3.05) is 33.0 Å². The average Bonchev–Trinajstić information content (AvgIpc) is 3.19. The highest BCUT2D eigenvalue weighted by molar-refractivity contribution is 7.47. The molecule has 0 amide bonds. The molecule has 0 aliphatic carbocycles. The second kappa shape index (κ2) is 42.8. The molecule has 3 N–H and O–H groups in total. The van der Waals surface area contributed by atoms with E-state index in [1.807, 2.05) is 0 Å². The highest BCUT2D eigenvalue weighted by Gasteiger charge is 2.26. The fourth-order valence-electron chi connectivity index (χ4n) is 5.74. The molecule has 0 saturated heterocycles. The summed E-state index contributed by atoms with van der Waals surface area (Å²) in [6.07, 6.45) is 48.9. The fourth-order valence-corrected chi connectivity index (χ4v) is 6.53. The van der Waals surface area contributed by atoms with Crippen LogP contribution in [0.1, 0.15) is 181 Å². The van der Waals surface area contributed by atoms with Gasteiger partial charge in [-0.25, -0.2) is 4.57 Å². The van der Waals surface area contributed by atoms with Crippen molar-refractivity contribution in [2.24, 2.45) is 0 Å². The summed E-state index contributed by atoms with van der Waals surface area (Å²) in [4.78, 5) is 22.6. The van der Waals surface area contributed by atoms with Crippen molar-refractivity contribution in [1.82, 2.24) is 0 Å². The van der Waals surface area contributed by atoms with E-state index in [0.717, 1.165) is 77.0 Å². The van der Waals surface area contributed by atoms with E-state index in [-0.39, 0.29) is 19.6 Å². The summed E-state index contributed by atoms with van der Waals surface area (Å²) in [6.45, 7) is 3.42. The number of ether oxygens (including phenoxy) is 2. The standard InChI is InChI=1S/C46H83O9P/c1-3-5-7-9-11-13-15-17-19-20-21-22-23-25-27-29-31-33-35-37-39-52-42-45(43-54-56(50,51)53-41-44(48)40-47)55-46(49)38-36-34-32-30-28-26-24-18-16-14-12-10-8-6-4-2/h11-14,17-19,21-22,24,44-45,47-48H,3-10,15-16,20,23,25-43H2,1-2H3,(H,50,51)/b13-11-,14-12-,19-17-,22-21-,24-18-. The minimum atomic E-state index is -4.53. The van der Waals surface area contributed by atoms with Crippen LogP contribution in [-0.2, 0) is 27.9 Å². The van der Waals surface area contributed by atoms with Crippen molar-refractivity contribution >= 4 is 13.8 Å². The molecular weight excluding hydrogens is 727 g/mol. The molecule has 9 nitrogen and oxygen atoms in total. The summed E-state index contributed by atoms with van der Waals surface area (Å²) >= 11 is 0. The quantitative estimate of drug-likeness (QED) is 0.0239. The number of phosphoric acid groups is 1. The second-order valence-corrected chi connectivity index (χ2v) is 16.2. The Bertz CT molecular complexity index is 1060. The summed E-state index contributed by atoms with van der Waals surface area (Å²) < 4.78 is 33.4. The Morgan fingerprint density at radius 2 is 0.964 bits per heavy atom. The SMILES string of the molecule is CCCCC/C=C\C/C=C\C/C=C\CCCCCCCCCOCC(COP(=O)(O)OCC(O)CO)OC(=O)CCCCCCC/C=C\C/C=C\CCCCC. The Morgan fingerprint density at radius 1 is 0.554 bits per heavy atom. The van der Waals surface area contributed by atoms with E-state index >= 15 is 0 Å². The zero-order chi connectivity index (χ0) is 41.1. The number of unbranched alkanes of at least 4 members (excludes halogenated alkanes) is 18. The largest absolute Gasteiger partial charge is 0.472 e. The van der Waals surface area contributed by atoms with Gasteiger partial charge in [0.2, 0.25) is 0 Å². The van der Waals surface area contributed by atoms with E-state index in [1.165, 1.54) is 77.0 Å². The van der Waals surface area contributed by atoms with E-state index in [0.29, 0.717) is 13.0 Å². The molecule has 0 aromatic rings. The van der Waals surface area contributed by atoms with Crippen molar-refractivity contribution in [3.63, 3.8) is 0 Å². The van der Waals surface area contributed by atoms with Crippen molar-refractivity contribution < 1.29 is 43.0 Å². The summed E-state index contributed by atoms with van der Waals surface area (Å²) in [7, 11) is -4.53. The van der Waals surface area contributed by atoms with Crippen molar-refractivity contribution in [3.8, 4) is 0 Å². The normalized spacial score (nSPS) is 14.6. The molecular formula is C46H83O9P. The molecule has 0 rings (SSSR count). The number of phosphoric ester groups is 1. The molecule has 0 fully saturated rings. The topological polar surface area (TPSA) is 132 Å². The zero-order valence-electron chi connectivity index (χ0n) is 35.6. The average molecular weight is 811 g/mol. The predicted molar refractivity (Wildman–Crippen MR) is 233 cm³/mol. The first kappa shape index (κ1) is 54.2. The maximum Gasteiger partial charge on any atom is 0.472 e. The molecule has 326 valence electrons. The molecule has 0 spiro atoms. The van der Waals surface area contributed by atoms with Crippen molar-refractivity contribution in [2.45, 2.75) is 193 Å². The zero-order valence-corrected chi connectivity index (χ0v) is 36.5. The van der Waals surface area contributed by atoms with Gasteiger partial charge < -0.3 is 24.6 Å². The number of esters is 1. The van der Waals surface area contributed by atoms with Gasteiger partial charge in [0, 0.05) is 13.0 Å². The number of carbonyl (C=O) groups excluding carboxylic acids is 1. The van der Waals surface area contributed by atoms with E-state index in [4.69, 9.17) is 23.6 Å². The van der Waals surface area contributed by atoms with Crippen LogP contribution in [-0.4, -0.2) is 66.3 Å². The van der Waals surface area contributed by atoms with Gasteiger partial charge in [-0.2, -0.15) is 0 Å². The minimum absolute atomic E-state index is 0.0344.